The van der Waals surface area contributed by atoms with Crippen LogP contribution in [0.15, 0.2) is 29.3 Å². The molecule has 0 aliphatic rings. The maximum absolute atomic E-state index is 10.4. The molecule has 0 spiro atoms. The number of guanidine groups is 1. The Hall–Kier alpha value is -1.39. The lowest BCUT2D eigenvalue weighted by Gasteiger charge is -2.16. The minimum atomic E-state index is -0.633. The lowest BCUT2D eigenvalue weighted by molar-refractivity contribution is 0.180. The zero-order valence-corrected chi connectivity index (χ0v) is 20.3. The molecule has 156 valence electrons. The minimum absolute atomic E-state index is 0. The highest BCUT2D eigenvalue weighted by atomic mass is 127. The van der Waals surface area contributed by atoms with Crippen molar-refractivity contribution in [1.29, 1.82) is 0 Å². The first-order valence-electron chi connectivity index (χ1n) is 9.28. The van der Waals surface area contributed by atoms with Gasteiger partial charge in [-0.2, -0.15) is 0 Å². The predicted octanol–water partition coefficient (Wildman–Crippen LogP) is 3.95. The van der Waals surface area contributed by atoms with Crippen LogP contribution in [-0.4, -0.2) is 35.2 Å². The van der Waals surface area contributed by atoms with Gasteiger partial charge in [0.25, 0.3) is 0 Å². The summed E-state index contributed by atoms with van der Waals surface area (Å²) in [5.41, 5.74) is 1.89. The van der Waals surface area contributed by atoms with E-state index < -0.39 is 6.10 Å². The average molecular weight is 518 g/mol. The lowest BCUT2D eigenvalue weighted by Crippen LogP contribution is -2.39. The van der Waals surface area contributed by atoms with E-state index in [4.69, 9.17) is 4.74 Å². The molecule has 0 saturated carbocycles. The standard InChI is InChI=1S/C20H30N4O2S.HI/c1-6-21-20(23-12-19-24-14(4)15(5)27-19)22-11-18(25)16-7-9-17(10-8-16)26-13(2)3;/h7-10,13,18,25H,6,11-12H2,1-5H3,(H2,21,22,23);1H. The number of hydrogen-bond acceptors (Lipinski definition) is 5. The summed E-state index contributed by atoms with van der Waals surface area (Å²) in [5, 5.41) is 17.8. The Morgan fingerprint density at radius 3 is 2.43 bits per heavy atom. The average Bonchev–Trinajstić information content (AvgIpc) is 2.95. The molecule has 0 fully saturated rings. The van der Waals surface area contributed by atoms with Crippen molar-refractivity contribution in [3.05, 3.63) is 45.4 Å². The van der Waals surface area contributed by atoms with Gasteiger partial charge < -0.3 is 20.5 Å². The molecule has 1 aromatic carbocycles. The number of aliphatic hydroxyl groups excluding tert-OH is 1. The number of rotatable bonds is 8. The molecular weight excluding hydrogens is 487 g/mol. The lowest BCUT2D eigenvalue weighted by atomic mass is 10.1. The van der Waals surface area contributed by atoms with E-state index in [1.165, 1.54) is 4.88 Å². The number of nitrogens with one attached hydrogen (secondary N) is 2. The molecule has 0 aliphatic carbocycles. The van der Waals surface area contributed by atoms with Gasteiger partial charge in [0.15, 0.2) is 5.96 Å². The van der Waals surface area contributed by atoms with Crippen LogP contribution < -0.4 is 15.4 Å². The van der Waals surface area contributed by atoms with Crippen LogP contribution in [0.5, 0.6) is 5.75 Å². The predicted molar refractivity (Wildman–Crippen MR) is 127 cm³/mol. The molecule has 28 heavy (non-hydrogen) atoms. The number of hydrogen-bond donors (Lipinski definition) is 3. The Labute approximate surface area is 188 Å². The van der Waals surface area contributed by atoms with Crippen LogP contribution in [0.25, 0.3) is 0 Å². The molecule has 0 saturated heterocycles. The minimum Gasteiger partial charge on any atom is -0.491 e. The van der Waals surface area contributed by atoms with Gasteiger partial charge in [-0.3, -0.25) is 0 Å². The van der Waals surface area contributed by atoms with Crippen LogP contribution in [0.1, 0.15) is 48.0 Å². The monoisotopic (exact) mass is 518 g/mol. The summed E-state index contributed by atoms with van der Waals surface area (Å²) < 4.78 is 5.63. The number of aromatic nitrogens is 1. The molecule has 0 amide bonds. The fourth-order valence-electron chi connectivity index (χ4n) is 2.45. The van der Waals surface area contributed by atoms with Crippen LogP contribution in [0.2, 0.25) is 0 Å². The number of benzene rings is 1. The molecule has 8 heteroatoms. The van der Waals surface area contributed by atoms with Gasteiger partial charge >= 0.3 is 0 Å². The van der Waals surface area contributed by atoms with E-state index in [-0.39, 0.29) is 30.1 Å². The SMILES string of the molecule is CCNC(=NCc1nc(C)c(C)s1)NCC(O)c1ccc(OC(C)C)cc1.I. The van der Waals surface area contributed by atoms with Crippen LogP contribution >= 0.6 is 35.3 Å². The number of halogens is 1. The molecule has 6 nitrogen and oxygen atoms in total. The summed E-state index contributed by atoms with van der Waals surface area (Å²) in [4.78, 5) is 10.3. The van der Waals surface area contributed by atoms with Crippen LogP contribution in [-0.2, 0) is 6.54 Å². The van der Waals surface area contributed by atoms with Crippen molar-refractivity contribution in [2.45, 2.75) is 53.4 Å². The highest BCUT2D eigenvalue weighted by molar-refractivity contribution is 14.0. The molecule has 1 aromatic heterocycles. The van der Waals surface area contributed by atoms with Gasteiger partial charge in [-0.15, -0.1) is 35.3 Å². The van der Waals surface area contributed by atoms with E-state index >= 15 is 0 Å². The molecule has 2 rings (SSSR count). The normalized spacial score (nSPS) is 12.5. The molecule has 0 radical (unpaired) electrons. The van der Waals surface area contributed by atoms with Crippen molar-refractivity contribution >= 4 is 41.3 Å². The number of thiazole rings is 1. The third-order valence-corrected chi connectivity index (χ3v) is 4.95. The Kier molecular flexibility index (Phi) is 10.8. The van der Waals surface area contributed by atoms with Crippen molar-refractivity contribution in [2.24, 2.45) is 4.99 Å². The Bertz CT molecular complexity index is 728. The maximum Gasteiger partial charge on any atom is 0.191 e. The van der Waals surface area contributed by atoms with Crippen LogP contribution in [0.4, 0.5) is 0 Å². The first kappa shape index (κ1) is 24.6. The summed E-state index contributed by atoms with van der Waals surface area (Å²) in [6.07, 6.45) is -0.502. The molecule has 1 unspecified atom stereocenters. The van der Waals surface area contributed by atoms with Crippen LogP contribution in [0, 0.1) is 13.8 Å². The van der Waals surface area contributed by atoms with Gasteiger partial charge in [0, 0.05) is 18.0 Å². The summed E-state index contributed by atoms with van der Waals surface area (Å²) in [5.74, 6) is 1.47. The van der Waals surface area contributed by atoms with Gasteiger partial charge in [0.1, 0.15) is 10.8 Å². The highest BCUT2D eigenvalue weighted by Gasteiger charge is 2.10. The smallest absolute Gasteiger partial charge is 0.191 e. The van der Waals surface area contributed by atoms with Gasteiger partial charge in [0.05, 0.1) is 24.4 Å². The van der Waals surface area contributed by atoms with Crippen molar-refractivity contribution in [3.8, 4) is 5.75 Å². The van der Waals surface area contributed by atoms with Crippen molar-refractivity contribution in [3.63, 3.8) is 0 Å². The second kappa shape index (κ2) is 12.2. The fraction of sp³-hybridized carbons (Fsp3) is 0.500. The summed E-state index contributed by atoms with van der Waals surface area (Å²) in [6, 6.07) is 7.53. The molecule has 0 bridgehead atoms. The van der Waals surface area contributed by atoms with Crippen molar-refractivity contribution in [2.75, 3.05) is 13.1 Å². The van der Waals surface area contributed by atoms with Crippen LogP contribution in [0.3, 0.4) is 0 Å². The van der Waals surface area contributed by atoms with E-state index in [1.54, 1.807) is 11.3 Å². The number of nitrogens with zero attached hydrogens (tertiary/aromatic N) is 2. The first-order valence-corrected chi connectivity index (χ1v) is 10.1. The zero-order valence-electron chi connectivity index (χ0n) is 17.2. The first-order chi connectivity index (χ1) is 12.9. The summed E-state index contributed by atoms with van der Waals surface area (Å²) in [6.45, 7) is 11.7. The van der Waals surface area contributed by atoms with Crippen molar-refractivity contribution < 1.29 is 9.84 Å². The second-order valence-corrected chi connectivity index (χ2v) is 7.86. The maximum atomic E-state index is 10.4. The highest BCUT2D eigenvalue weighted by Crippen LogP contribution is 2.19. The topological polar surface area (TPSA) is 78.8 Å². The number of aliphatic hydroxyl groups is 1. The Morgan fingerprint density at radius 1 is 1.21 bits per heavy atom. The van der Waals surface area contributed by atoms with E-state index in [1.807, 2.05) is 52.0 Å². The molecule has 2 aromatic rings. The molecule has 1 atom stereocenters. The zero-order chi connectivity index (χ0) is 19.8. The summed E-state index contributed by atoms with van der Waals surface area (Å²) >= 11 is 1.67. The Balaban J connectivity index is 0.00000392. The molecule has 0 aliphatic heterocycles. The van der Waals surface area contributed by atoms with Crippen molar-refractivity contribution in [1.82, 2.24) is 15.6 Å². The molecule has 1 heterocycles. The van der Waals surface area contributed by atoms with Gasteiger partial charge in [-0.05, 0) is 52.3 Å². The number of aryl methyl sites for hydroxylation is 2. The van der Waals surface area contributed by atoms with E-state index in [2.05, 4.69) is 27.5 Å². The Morgan fingerprint density at radius 2 is 1.89 bits per heavy atom. The largest absolute Gasteiger partial charge is 0.491 e. The van der Waals surface area contributed by atoms with Gasteiger partial charge in [-0.1, -0.05) is 12.1 Å². The number of aliphatic imine (C=N–C) groups is 1. The fourth-order valence-corrected chi connectivity index (χ4v) is 3.31. The number of ether oxygens (including phenoxy) is 1. The summed E-state index contributed by atoms with van der Waals surface area (Å²) in [7, 11) is 0. The second-order valence-electron chi connectivity index (χ2n) is 6.58. The quantitative estimate of drug-likeness (QED) is 0.280. The molecule has 3 N–H and O–H groups in total. The van der Waals surface area contributed by atoms with Gasteiger partial charge in [-0.25, -0.2) is 9.98 Å². The third-order valence-electron chi connectivity index (χ3n) is 3.89. The third kappa shape index (κ3) is 7.92. The van der Waals surface area contributed by atoms with Gasteiger partial charge in [0.2, 0.25) is 0 Å². The van der Waals surface area contributed by atoms with E-state index in [9.17, 15) is 5.11 Å². The van der Waals surface area contributed by atoms with E-state index in [0.29, 0.717) is 19.0 Å². The molecular formula is C20H31IN4O2S. The van der Waals surface area contributed by atoms with E-state index in [0.717, 1.165) is 28.6 Å².